The molecule has 306 valence electrons. The Labute approximate surface area is 385 Å². The molecule has 0 atom stereocenters. The predicted octanol–water partition coefficient (Wildman–Crippen LogP) is 18.4. The monoisotopic (exact) mass is 853 g/mol. The summed E-state index contributed by atoms with van der Waals surface area (Å²) in [6.45, 7) is 0. The average molecular weight is 854 g/mol. The van der Waals surface area contributed by atoms with Crippen molar-refractivity contribution in [3.8, 4) is 50.2 Å². The topological polar surface area (TPSA) is 4.93 Å². The minimum Gasteiger partial charge on any atom is -0.309 e. The van der Waals surface area contributed by atoms with Gasteiger partial charge in [-0.1, -0.05) is 212 Å². The Kier molecular flexibility index (Phi) is 8.22. The first-order valence-electron chi connectivity index (χ1n) is 22.8. The van der Waals surface area contributed by atoms with E-state index < -0.39 is 0 Å². The summed E-state index contributed by atoms with van der Waals surface area (Å²) in [7, 11) is 0. The molecule has 2 aromatic heterocycles. The summed E-state index contributed by atoms with van der Waals surface area (Å²) >= 11 is 1.92. The van der Waals surface area contributed by atoms with Gasteiger partial charge in [-0.2, -0.15) is 0 Å². The third-order valence-electron chi connectivity index (χ3n) is 14.0. The molecule has 14 aromatic rings. The van der Waals surface area contributed by atoms with Gasteiger partial charge < -0.3 is 4.57 Å². The Balaban J connectivity index is 1.06. The Hall–Kier alpha value is -8.30. The van der Waals surface area contributed by atoms with Gasteiger partial charge >= 0.3 is 0 Å². The molecule has 0 radical (unpaired) electrons. The molecule has 0 aliphatic heterocycles. The predicted molar refractivity (Wildman–Crippen MR) is 285 cm³/mol. The van der Waals surface area contributed by atoms with E-state index in [4.69, 9.17) is 0 Å². The van der Waals surface area contributed by atoms with Crippen LogP contribution >= 0.6 is 11.3 Å². The van der Waals surface area contributed by atoms with Gasteiger partial charge in [-0.05, 0) is 101 Å². The molecule has 14 rings (SSSR count). The van der Waals surface area contributed by atoms with E-state index in [1.807, 2.05) is 11.3 Å². The molecule has 0 spiro atoms. The standard InChI is InChI=1S/C64H39NS/c1-3-20-40(21-4-1)58-43-25-7-9-27-45(43)59(46-28-10-8-26-44(46)58)52-34-19-39-57-62(52)55-37-18-36-54(64(55)66-57)61-49-31-13-11-29-47(49)60(48-30-12-14-32-50(48)61)53-35-17-33-51-42-24-15-16-38-56(42)65(63(51)53)41-22-5-2-6-23-41/h1-39H. The van der Waals surface area contributed by atoms with Crippen LogP contribution in [0.25, 0.3) is 135 Å². The molecule has 0 saturated carbocycles. The molecule has 2 heterocycles. The van der Waals surface area contributed by atoms with Crippen LogP contribution in [0.1, 0.15) is 0 Å². The molecular formula is C64H39NS. The second-order valence-electron chi connectivity index (χ2n) is 17.4. The van der Waals surface area contributed by atoms with E-state index >= 15 is 0 Å². The van der Waals surface area contributed by atoms with Gasteiger partial charge in [0.25, 0.3) is 0 Å². The van der Waals surface area contributed by atoms with Crippen LogP contribution in [0.4, 0.5) is 0 Å². The maximum atomic E-state index is 2.47. The zero-order chi connectivity index (χ0) is 43.3. The van der Waals surface area contributed by atoms with E-state index in [2.05, 4.69) is 241 Å². The first-order chi connectivity index (χ1) is 32.8. The number of para-hydroxylation sites is 3. The zero-order valence-corrected chi connectivity index (χ0v) is 36.7. The van der Waals surface area contributed by atoms with Gasteiger partial charge in [-0.25, -0.2) is 0 Å². The number of fused-ring (bicyclic) bond motifs is 10. The van der Waals surface area contributed by atoms with Crippen molar-refractivity contribution in [3.05, 3.63) is 237 Å². The number of nitrogens with zero attached hydrogens (tertiary/aromatic N) is 1. The van der Waals surface area contributed by atoms with E-state index in [1.165, 1.54) is 130 Å². The van der Waals surface area contributed by atoms with E-state index in [9.17, 15) is 0 Å². The molecule has 66 heavy (non-hydrogen) atoms. The summed E-state index contributed by atoms with van der Waals surface area (Å²) in [6, 6.07) is 87.6. The molecule has 12 aromatic carbocycles. The van der Waals surface area contributed by atoms with Crippen molar-refractivity contribution in [3.63, 3.8) is 0 Å². The maximum Gasteiger partial charge on any atom is 0.0619 e. The van der Waals surface area contributed by atoms with E-state index in [1.54, 1.807) is 0 Å². The van der Waals surface area contributed by atoms with Crippen molar-refractivity contribution in [1.29, 1.82) is 0 Å². The Morgan fingerprint density at radius 1 is 0.273 bits per heavy atom. The highest BCUT2D eigenvalue weighted by atomic mass is 32.1. The van der Waals surface area contributed by atoms with Gasteiger partial charge in [0, 0.05) is 47.8 Å². The summed E-state index contributed by atoms with van der Waals surface area (Å²) in [5.74, 6) is 0. The van der Waals surface area contributed by atoms with Gasteiger partial charge in [0.15, 0.2) is 0 Å². The molecule has 0 fully saturated rings. The molecule has 0 aliphatic rings. The van der Waals surface area contributed by atoms with Crippen molar-refractivity contribution in [1.82, 2.24) is 4.57 Å². The Morgan fingerprint density at radius 2 is 0.682 bits per heavy atom. The highest BCUT2D eigenvalue weighted by Crippen LogP contribution is 2.52. The summed E-state index contributed by atoms with van der Waals surface area (Å²) in [6.07, 6.45) is 0. The van der Waals surface area contributed by atoms with Crippen LogP contribution in [-0.4, -0.2) is 4.57 Å². The number of benzene rings is 12. The van der Waals surface area contributed by atoms with Crippen LogP contribution in [0.2, 0.25) is 0 Å². The Morgan fingerprint density at radius 3 is 1.27 bits per heavy atom. The molecule has 0 unspecified atom stereocenters. The lowest BCUT2D eigenvalue weighted by Crippen LogP contribution is -1.96. The quantitative estimate of drug-likeness (QED) is 0.152. The van der Waals surface area contributed by atoms with Crippen LogP contribution in [0.3, 0.4) is 0 Å². The van der Waals surface area contributed by atoms with Gasteiger partial charge in [-0.15, -0.1) is 11.3 Å². The molecule has 2 heteroatoms. The van der Waals surface area contributed by atoms with Gasteiger partial charge in [0.1, 0.15) is 0 Å². The zero-order valence-electron chi connectivity index (χ0n) is 35.9. The number of thiophene rings is 1. The smallest absolute Gasteiger partial charge is 0.0619 e. The highest BCUT2D eigenvalue weighted by Gasteiger charge is 2.25. The molecule has 0 aliphatic carbocycles. The lowest BCUT2D eigenvalue weighted by Gasteiger charge is -2.20. The van der Waals surface area contributed by atoms with Crippen LogP contribution < -0.4 is 0 Å². The number of rotatable bonds is 5. The molecule has 0 N–H and O–H groups in total. The van der Waals surface area contributed by atoms with Crippen molar-refractivity contribution in [2.45, 2.75) is 0 Å². The van der Waals surface area contributed by atoms with E-state index in [-0.39, 0.29) is 0 Å². The molecule has 0 saturated heterocycles. The highest BCUT2D eigenvalue weighted by molar-refractivity contribution is 7.26. The summed E-state index contributed by atoms with van der Waals surface area (Å²) in [4.78, 5) is 0. The van der Waals surface area contributed by atoms with Crippen molar-refractivity contribution in [2.24, 2.45) is 0 Å². The fourth-order valence-electron chi connectivity index (χ4n) is 11.4. The van der Waals surface area contributed by atoms with E-state index in [0.29, 0.717) is 0 Å². The van der Waals surface area contributed by atoms with E-state index in [0.717, 1.165) is 5.69 Å². The minimum atomic E-state index is 1.16. The minimum absolute atomic E-state index is 1.16. The normalized spacial score (nSPS) is 11.9. The number of hydrogen-bond acceptors (Lipinski definition) is 1. The second-order valence-corrected chi connectivity index (χ2v) is 18.5. The second kappa shape index (κ2) is 14.6. The lowest BCUT2D eigenvalue weighted by atomic mass is 9.84. The third-order valence-corrected chi connectivity index (χ3v) is 15.2. The number of hydrogen-bond donors (Lipinski definition) is 0. The SMILES string of the molecule is c1ccc(-c2c3ccccc3c(-c3cccc4sc5c(-c6c7ccccc7c(-c7cccc8c9ccccc9n(-c9ccccc9)c78)c7ccccc67)cccc5c34)c3ccccc23)cc1. The fourth-order valence-corrected chi connectivity index (χ4v) is 12.6. The molecule has 1 nitrogen and oxygen atoms in total. The largest absolute Gasteiger partial charge is 0.309 e. The van der Waals surface area contributed by atoms with Crippen molar-refractivity contribution >= 4 is 96.4 Å². The van der Waals surface area contributed by atoms with Crippen LogP contribution in [0, 0.1) is 0 Å². The summed E-state index contributed by atoms with van der Waals surface area (Å²) in [5.41, 5.74) is 13.7. The van der Waals surface area contributed by atoms with Crippen molar-refractivity contribution in [2.75, 3.05) is 0 Å². The van der Waals surface area contributed by atoms with Crippen LogP contribution in [-0.2, 0) is 0 Å². The molecule has 0 bridgehead atoms. The number of aromatic nitrogens is 1. The lowest BCUT2D eigenvalue weighted by molar-refractivity contribution is 1.18. The van der Waals surface area contributed by atoms with Crippen LogP contribution in [0.5, 0.6) is 0 Å². The van der Waals surface area contributed by atoms with Gasteiger partial charge in [-0.3, -0.25) is 0 Å². The first-order valence-corrected chi connectivity index (χ1v) is 23.6. The average Bonchev–Trinajstić information content (AvgIpc) is 3.95. The summed E-state index contributed by atoms with van der Waals surface area (Å²) < 4.78 is 5.07. The van der Waals surface area contributed by atoms with Crippen molar-refractivity contribution < 1.29 is 0 Å². The van der Waals surface area contributed by atoms with Gasteiger partial charge in [0.2, 0.25) is 0 Å². The maximum absolute atomic E-state index is 2.47. The molecule has 0 amide bonds. The third kappa shape index (κ3) is 5.34. The fraction of sp³-hybridized carbons (Fsp3) is 0. The first kappa shape index (κ1) is 37.1. The van der Waals surface area contributed by atoms with Gasteiger partial charge in [0.05, 0.1) is 11.0 Å². The summed E-state index contributed by atoms with van der Waals surface area (Å²) in [5, 5.41) is 15.2. The Bertz CT molecular complexity index is 4160. The molecular weight excluding hydrogens is 815 g/mol. The van der Waals surface area contributed by atoms with Crippen LogP contribution in [0.15, 0.2) is 237 Å².